The Bertz CT molecular complexity index is 494. The van der Waals surface area contributed by atoms with Crippen molar-refractivity contribution in [1.29, 1.82) is 0 Å². The molecule has 0 radical (unpaired) electrons. The molecule has 0 unspecified atom stereocenters. The van der Waals surface area contributed by atoms with Gasteiger partial charge < -0.3 is 5.32 Å². The van der Waals surface area contributed by atoms with E-state index in [4.69, 9.17) is 0 Å². The largest absolute Gasteiger partial charge is 0.307 e. The van der Waals surface area contributed by atoms with E-state index >= 15 is 0 Å². The van der Waals surface area contributed by atoms with Crippen molar-refractivity contribution in [3.05, 3.63) is 65.2 Å². The SMILES string of the molecule is CCc1cccnc1CNCc1ccc(F)cc1. The lowest BCUT2D eigenvalue weighted by Gasteiger charge is -2.08. The molecule has 1 heterocycles. The fourth-order valence-electron chi connectivity index (χ4n) is 1.88. The van der Waals surface area contributed by atoms with E-state index in [9.17, 15) is 4.39 Å². The van der Waals surface area contributed by atoms with Gasteiger partial charge in [0.2, 0.25) is 0 Å². The summed E-state index contributed by atoms with van der Waals surface area (Å²) in [5.74, 6) is -0.197. The lowest BCUT2D eigenvalue weighted by Crippen LogP contribution is -2.15. The van der Waals surface area contributed by atoms with E-state index in [1.165, 1.54) is 17.7 Å². The van der Waals surface area contributed by atoms with Gasteiger partial charge in [0.25, 0.3) is 0 Å². The summed E-state index contributed by atoms with van der Waals surface area (Å²) >= 11 is 0. The first-order valence-corrected chi connectivity index (χ1v) is 6.17. The second-order valence-electron chi connectivity index (χ2n) is 4.19. The van der Waals surface area contributed by atoms with Crippen LogP contribution in [0.2, 0.25) is 0 Å². The molecule has 0 atom stereocenters. The fourth-order valence-corrected chi connectivity index (χ4v) is 1.88. The predicted octanol–water partition coefficient (Wildman–Crippen LogP) is 3.07. The summed E-state index contributed by atoms with van der Waals surface area (Å²) in [4.78, 5) is 4.37. The molecular formula is C15H17FN2. The van der Waals surface area contributed by atoms with Gasteiger partial charge in [0.05, 0.1) is 5.69 Å². The lowest BCUT2D eigenvalue weighted by molar-refractivity contribution is 0.624. The molecule has 0 spiro atoms. The minimum Gasteiger partial charge on any atom is -0.307 e. The second-order valence-corrected chi connectivity index (χ2v) is 4.19. The van der Waals surface area contributed by atoms with Gasteiger partial charge in [0, 0.05) is 19.3 Å². The van der Waals surface area contributed by atoms with Crippen LogP contribution < -0.4 is 5.32 Å². The van der Waals surface area contributed by atoms with E-state index < -0.39 is 0 Å². The molecule has 0 aliphatic rings. The normalized spacial score (nSPS) is 10.6. The minimum absolute atomic E-state index is 0.197. The maximum absolute atomic E-state index is 12.7. The number of hydrogen-bond donors (Lipinski definition) is 1. The van der Waals surface area contributed by atoms with Crippen molar-refractivity contribution < 1.29 is 4.39 Å². The highest BCUT2D eigenvalue weighted by Crippen LogP contribution is 2.07. The number of benzene rings is 1. The third kappa shape index (κ3) is 3.37. The van der Waals surface area contributed by atoms with Crippen LogP contribution in [0.4, 0.5) is 4.39 Å². The number of halogens is 1. The van der Waals surface area contributed by atoms with Crippen LogP contribution in [0.25, 0.3) is 0 Å². The van der Waals surface area contributed by atoms with Crippen molar-refractivity contribution in [1.82, 2.24) is 10.3 Å². The third-order valence-corrected chi connectivity index (χ3v) is 2.90. The molecule has 94 valence electrons. The molecular weight excluding hydrogens is 227 g/mol. The molecule has 18 heavy (non-hydrogen) atoms. The Balaban J connectivity index is 1.90. The van der Waals surface area contributed by atoms with E-state index in [-0.39, 0.29) is 5.82 Å². The molecule has 0 amide bonds. The van der Waals surface area contributed by atoms with Gasteiger partial charge in [-0.2, -0.15) is 0 Å². The van der Waals surface area contributed by atoms with Crippen molar-refractivity contribution in [2.45, 2.75) is 26.4 Å². The zero-order valence-corrected chi connectivity index (χ0v) is 10.5. The van der Waals surface area contributed by atoms with E-state index in [2.05, 4.69) is 23.3 Å². The molecule has 2 rings (SSSR count). The molecule has 1 aromatic carbocycles. The van der Waals surface area contributed by atoms with Gasteiger partial charge in [0.1, 0.15) is 5.82 Å². The summed E-state index contributed by atoms with van der Waals surface area (Å²) in [6.45, 7) is 3.59. The van der Waals surface area contributed by atoms with E-state index in [0.29, 0.717) is 0 Å². The average molecular weight is 244 g/mol. The Morgan fingerprint density at radius 2 is 1.89 bits per heavy atom. The minimum atomic E-state index is -0.197. The number of nitrogens with one attached hydrogen (secondary N) is 1. The number of aromatic nitrogens is 1. The van der Waals surface area contributed by atoms with Crippen molar-refractivity contribution >= 4 is 0 Å². The molecule has 0 aliphatic carbocycles. The Kier molecular flexibility index (Phi) is 4.42. The molecule has 0 fully saturated rings. The zero-order valence-electron chi connectivity index (χ0n) is 10.5. The van der Waals surface area contributed by atoms with E-state index in [1.54, 1.807) is 12.1 Å². The highest BCUT2D eigenvalue weighted by atomic mass is 19.1. The topological polar surface area (TPSA) is 24.9 Å². The first kappa shape index (κ1) is 12.7. The zero-order chi connectivity index (χ0) is 12.8. The van der Waals surface area contributed by atoms with Crippen molar-refractivity contribution in [3.8, 4) is 0 Å². The van der Waals surface area contributed by atoms with Crippen LogP contribution in [0.5, 0.6) is 0 Å². The summed E-state index contributed by atoms with van der Waals surface area (Å²) in [5, 5.41) is 3.33. The standard InChI is InChI=1S/C15H17FN2/c1-2-13-4-3-9-18-15(13)11-17-10-12-5-7-14(16)8-6-12/h3-9,17H,2,10-11H2,1H3. The second kappa shape index (κ2) is 6.26. The quantitative estimate of drug-likeness (QED) is 0.874. The van der Waals surface area contributed by atoms with E-state index in [0.717, 1.165) is 30.8 Å². The van der Waals surface area contributed by atoms with Crippen LogP contribution in [0, 0.1) is 5.82 Å². The molecule has 0 aliphatic heterocycles. The van der Waals surface area contributed by atoms with Crippen LogP contribution in [0.3, 0.4) is 0 Å². The molecule has 0 bridgehead atoms. The molecule has 1 aromatic heterocycles. The van der Waals surface area contributed by atoms with Crippen LogP contribution in [-0.4, -0.2) is 4.98 Å². The van der Waals surface area contributed by atoms with Gasteiger partial charge in [-0.05, 0) is 35.7 Å². The highest BCUT2D eigenvalue weighted by Gasteiger charge is 2.01. The van der Waals surface area contributed by atoms with Gasteiger partial charge in [-0.25, -0.2) is 4.39 Å². The van der Waals surface area contributed by atoms with Gasteiger partial charge in [-0.3, -0.25) is 4.98 Å². The summed E-state index contributed by atoms with van der Waals surface area (Å²) in [5.41, 5.74) is 3.43. The summed E-state index contributed by atoms with van der Waals surface area (Å²) < 4.78 is 12.7. The van der Waals surface area contributed by atoms with Gasteiger partial charge in [-0.1, -0.05) is 25.1 Å². The number of rotatable bonds is 5. The maximum atomic E-state index is 12.7. The van der Waals surface area contributed by atoms with Crippen molar-refractivity contribution in [2.75, 3.05) is 0 Å². The van der Waals surface area contributed by atoms with Crippen LogP contribution >= 0.6 is 0 Å². The Labute approximate surface area is 107 Å². The third-order valence-electron chi connectivity index (χ3n) is 2.90. The Hall–Kier alpha value is -1.74. The van der Waals surface area contributed by atoms with Crippen LogP contribution in [0.1, 0.15) is 23.7 Å². The van der Waals surface area contributed by atoms with Crippen molar-refractivity contribution in [3.63, 3.8) is 0 Å². The lowest BCUT2D eigenvalue weighted by atomic mass is 10.1. The molecule has 0 saturated heterocycles. The number of aryl methyl sites for hydroxylation is 1. The summed E-state index contributed by atoms with van der Waals surface area (Å²) in [6, 6.07) is 10.6. The van der Waals surface area contributed by atoms with Gasteiger partial charge in [0.15, 0.2) is 0 Å². The van der Waals surface area contributed by atoms with Gasteiger partial charge >= 0.3 is 0 Å². The number of pyridine rings is 1. The van der Waals surface area contributed by atoms with Crippen LogP contribution in [0.15, 0.2) is 42.6 Å². The molecule has 0 saturated carbocycles. The summed E-state index contributed by atoms with van der Waals surface area (Å²) in [6.07, 6.45) is 2.80. The predicted molar refractivity (Wildman–Crippen MR) is 70.6 cm³/mol. The molecule has 2 aromatic rings. The molecule has 2 nitrogen and oxygen atoms in total. The smallest absolute Gasteiger partial charge is 0.123 e. The Morgan fingerprint density at radius 1 is 1.11 bits per heavy atom. The monoisotopic (exact) mass is 244 g/mol. The maximum Gasteiger partial charge on any atom is 0.123 e. The highest BCUT2D eigenvalue weighted by molar-refractivity contribution is 5.20. The fraction of sp³-hybridized carbons (Fsp3) is 0.267. The molecule has 3 heteroatoms. The average Bonchev–Trinajstić information content (AvgIpc) is 2.41. The number of hydrogen-bond acceptors (Lipinski definition) is 2. The molecule has 1 N–H and O–H groups in total. The summed E-state index contributed by atoms with van der Waals surface area (Å²) in [7, 11) is 0. The van der Waals surface area contributed by atoms with Gasteiger partial charge in [-0.15, -0.1) is 0 Å². The number of nitrogens with zero attached hydrogens (tertiary/aromatic N) is 1. The van der Waals surface area contributed by atoms with Crippen molar-refractivity contribution in [2.24, 2.45) is 0 Å². The van der Waals surface area contributed by atoms with Crippen LogP contribution in [-0.2, 0) is 19.5 Å². The van der Waals surface area contributed by atoms with E-state index in [1.807, 2.05) is 12.3 Å². The first-order chi connectivity index (χ1) is 8.79. The Morgan fingerprint density at radius 3 is 2.61 bits per heavy atom. The first-order valence-electron chi connectivity index (χ1n) is 6.17.